The van der Waals surface area contributed by atoms with E-state index >= 15 is 0 Å². The van der Waals surface area contributed by atoms with E-state index < -0.39 is 0 Å². The number of nitrogens with zero attached hydrogens (tertiary/aromatic N) is 6. The van der Waals surface area contributed by atoms with Gasteiger partial charge in [-0.3, -0.25) is 9.69 Å². The molecule has 0 spiro atoms. The second kappa shape index (κ2) is 10.3. The normalized spacial score (nSPS) is 26.4. The van der Waals surface area contributed by atoms with Crippen LogP contribution in [-0.2, 0) is 9.53 Å². The molecule has 5 rings (SSSR count). The molecule has 0 radical (unpaired) electrons. The molecule has 0 aromatic carbocycles. The third kappa shape index (κ3) is 5.01. The van der Waals surface area contributed by atoms with Crippen molar-refractivity contribution in [3.63, 3.8) is 0 Å². The Morgan fingerprint density at radius 2 is 1.47 bits per heavy atom. The highest BCUT2D eigenvalue weighted by atomic mass is 16.5. The lowest BCUT2D eigenvalue weighted by Gasteiger charge is -2.42. The van der Waals surface area contributed by atoms with E-state index in [0.29, 0.717) is 5.91 Å². The maximum absolute atomic E-state index is 13.3. The van der Waals surface area contributed by atoms with Crippen LogP contribution in [0.2, 0.25) is 0 Å². The van der Waals surface area contributed by atoms with E-state index in [1.807, 2.05) is 0 Å². The topological polar surface area (TPSA) is 65.0 Å². The van der Waals surface area contributed by atoms with Crippen LogP contribution in [0, 0.1) is 5.92 Å². The summed E-state index contributed by atoms with van der Waals surface area (Å²) >= 11 is 0. The Morgan fingerprint density at radius 3 is 2.16 bits per heavy atom. The first-order valence-corrected chi connectivity index (χ1v) is 12.7. The van der Waals surface area contributed by atoms with Crippen molar-refractivity contribution < 1.29 is 9.53 Å². The van der Waals surface area contributed by atoms with Crippen LogP contribution in [0.25, 0.3) is 0 Å². The highest BCUT2D eigenvalue weighted by molar-refractivity contribution is 5.80. The Morgan fingerprint density at radius 1 is 0.781 bits per heavy atom. The number of hydrogen-bond donors (Lipinski definition) is 0. The summed E-state index contributed by atoms with van der Waals surface area (Å²) in [6.45, 7) is 8.79. The number of rotatable bonds is 4. The van der Waals surface area contributed by atoms with E-state index in [-0.39, 0.29) is 5.92 Å². The molecule has 0 bridgehead atoms. The van der Waals surface area contributed by atoms with Crippen molar-refractivity contribution in [2.45, 2.75) is 51.0 Å². The minimum atomic E-state index is 0.0747. The first-order chi connectivity index (χ1) is 15.8. The summed E-state index contributed by atoms with van der Waals surface area (Å²) in [7, 11) is 0. The maximum Gasteiger partial charge on any atom is 0.227 e. The van der Waals surface area contributed by atoms with Gasteiger partial charge < -0.3 is 19.4 Å². The summed E-state index contributed by atoms with van der Waals surface area (Å²) in [5, 5.41) is 8.98. The number of amides is 1. The summed E-state index contributed by atoms with van der Waals surface area (Å²) < 4.78 is 5.42. The number of piperazine rings is 1. The second-order valence-corrected chi connectivity index (χ2v) is 9.79. The summed E-state index contributed by atoms with van der Waals surface area (Å²) in [4.78, 5) is 22.5. The molecule has 1 saturated carbocycles. The van der Waals surface area contributed by atoms with Crippen molar-refractivity contribution in [2.24, 2.45) is 5.92 Å². The highest BCUT2D eigenvalue weighted by Crippen LogP contribution is 2.26. The molecule has 176 valence electrons. The van der Waals surface area contributed by atoms with Crippen molar-refractivity contribution in [3.8, 4) is 0 Å². The van der Waals surface area contributed by atoms with Crippen LogP contribution in [0.1, 0.15) is 44.9 Å². The van der Waals surface area contributed by atoms with E-state index in [1.54, 1.807) is 0 Å². The first kappa shape index (κ1) is 21.9. The van der Waals surface area contributed by atoms with E-state index in [4.69, 9.17) is 4.74 Å². The molecule has 4 aliphatic rings. The fourth-order valence-corrected chi connectivity index (χ4v) is 5.85. The Bertz CT molecular complexity index is 739. The molecule has 8 nitrogen and oxygen atoms in total. The quantitative estimate of drug-likeness (QED) is 0.707. The molecule has 1 aromatic rings. The van der Waals surface area contributed by atoms with Crippen LogP contribution in [-0.4, -0.2) is 97.5 Å². The summed E-state index contributed by atoms with van der Waals surface area (Å²) in [6.07, 6.45) is 8.85. The molecule has 0 N–H and O–H groups in total. The third-order valence-electron chi connectivity index (χ3n) is 7.78. The molecule has 1 unspecified atom stereocenters. The van der Waals surface area contributed by atoms with Gasteiger partial charge in [0.05, 0.1) is 19.1 Å². The van der Waals surface area contributed by atoms with Gasteiger partial charge in [-0.25, -0.2) is 0 Å². The van der Waals surface area contributed by atoms with Crippen LogP contribution in [0.3, 0.4) is 0 Å². The largest absolute Gasteiger partial charge is 0.378 e. The number of aromatic nitrogens is 2. The fraction of sp³-hybridized carbons (Fsp3) is 0.792. The third-order valence-corrected chi connectivity index (χ3v) is 7.78. The molecule has 1 aliphatic carbocycles. The van der Waals surface area contributed by atoms with Gasteiger partial charge in [-0.1, -0.05) is 19.3 Å². The lowest BCUT2D eigenvalue weighted by molar-refractivity contribution is -0.138. The Balaban J connectivity index is 1.14. The predicted octanol–water partition coefficient (Wildman–Crippen LogP) is 2.01. The second-order valence-electron chi connectivity index (χ2n) is 9.79. The number of carbonyl (C=O) groups excluding carboxylic acids is 1. The SMILES string of the molecule is O=C(C1CCCN(c2ccc(N3CCOCC3)nn2)C1)N1CCN(C2CCCCC2)CC1. The van der Waals surface area contributed by atoms with Gasteiger partial charge in [0.25, 0.3) is 0 Å². The first-order valence-electron chi connectivity index (χ1n) is 12.7. The smallest absolute Gasteiger partial charge is 0.227 e. The number of piperidine rings is 1. The van der Waals surface area contributed by atoms with Crippen molar-refractivity contribution >= 4 is 17.5 Å². The number of morpholine rings is 1. The van der Waals surface area contributed by atoms with Crippen LogP contribution < -0.4 is 9.80 Å². The van der Waals surface area contributed by atoms with Crippen LogP contribution >= 0.6 is 0 Å². The molecule has 1 aromatic heterocycles. The Labute approximate surface area is 191 Å². The molecule has 1 amide bonds. The van der Waals surface area contributed by atoms with Crippen LogP contribution in [0.15, 0.2) is 12.1 Å². The molecular weight excluding hydrogens is 404 g/mol. The van der Waals surface area contributed by atoms with Gasteiger partial charge in [-0.05, 0) is 37.8 Å². The molecule has 4 heterocycles. The van der Waals surface area contributed by atoms with E-state index in [1.165, 1.54) is 32.1 Å². The molecule has 4 fully saturated rings. The average Bonchev–Trinajstić information content (AvgIpc) is 2.89. The molecule has 8 heteroatoms. The van der Waals surface area contributed by atoms with Gasteiger partial charge in [0.2, 0.25) is 5.91 Å². The lowest BCUT2D eigenvalue weighted by Crippen LogP contribution is -2.54. The number of ether oxygens (including phenoxy) is 1. The number of carbonyl (C=O) groups is 1. The zero-order valence-corrected chi connectivity index (χ0v) is 19.3. The molecule has 1 atom stereocenters. The lowest BCUT2D eigenvalue weighted by atomic mass is 9.93. The van der Waals surface area contributed by atoms with Gasteiger partial charge in [0, 0.05) is 58.4 Å². The minimum Gasteiger partial charge on any atom is -0.378 e. The van der Waals surface area contributed by atoms with E-state index in [2.05, 4.69) is 41.9 Å². The van der Waals surface area contributed by atoms with Crippen molar-refractivity contribution in [2.75, 3.05) is 75.4 Å². The van der Waals surface area contributed by atoms with Gasteiger partial charge in [0.15, 0.2) is 11.6 Å². The predicted molar refractivity (Wildman–Crippen MR) is 125 cm³/mol. The van der Waals surface area contributed by atoms with Gasteiger partial charge in [0.1, 0.15) is 0 Å². The molecule has 32 heavy (non-hydrogen) atoms. The van der Waals surface area contributed by atoms with Crippen LogP contribution in [0.5, 0.6) is 0 Å². The summed E-state index contributed by atoms with van der Waals surface area (Å²) in [5.41, 5.74) is 0. The molecular formula is C24H38N6O2. The van der Waals surface area contributed by atoms with Crippen molar-refractivity contribution in [1.29, 1.82) is 0 Å². The van der Waals surface area contributed by atoms with E-state index in [0.717, 1.165) is 96.1 Å². The van der Waals surface area contributed by atoms with Crippen LogP contribution in [0.4, 0.5) is 11.6 Å². The Hall–Kier alpha value is -1.93. The number of anilines is 2. The van der Waals surface area contributed by atoms with Crippen molar-refractivity contribution in [3.05, 3.63) is 12.1 Å². The van der Waals surface area contributed by atoms with Gasteiger partial charge >= 0.3 is 0 Å². The zero-order chi connectivity index (χ0) is 21.8. The summed E-state index contributed by atoms with van der Waals surface area (Å²) in [6, 6.07) is 4.88. The standard InChI is InChI=1S/C24H38N6O2/c31-24(29-13-11-27(12-14-29)21-6-2-1-3-7-21)20-5-4-10-30(19-20)23-9-8-22(25-26-23)28-15-17-32-18-16-28/h8-9,20-21H,1-7,10-19H2. The maximum atomic E-state index is 13.3. The Kier molecular flexibility index (Phi) is 7.07. The van der Waals surface area contributed by atoms with Gasteiger partial charge in [-0.2, -0.15) is 0 Å². The summed E-state index contributed by atoms with van der Waals surface area (Å²) in [5.74, 6) is 2.22. The van der Waals surface area contributed by atoms with E-state index in [9.17, 15) is 4.79 Å². The molecule has 3 saturated heterocycles. The highest BCUT2D eigenvalue weighted by Gasteiger charge is 2.33. The minimum absolute atomic E-state index is 0.0747. The number of hydrogen-bond acceptors (Lipinski definition) is 7. The molecule has 3 aliphatic heterocycles. The monoisotopic (exact) mass is 442 g/mol. The van der Waals surface area contributed by atoms with Gasteiger partial charge in [-0.15, -0.1) is 10.2 Å². The average molecular weight is 443 g/mol. The fourth-order valence-electron chi connectivity index (χ4n) is 5.85. The van der Waals surface area contributed by atoms with Crippen molar-refractivity contribution in [1.82, 2.24) is 20.0 Å². The zero-order valence-electron chi connectivity index (χ0n) is 19.3.